The maximum atomic E-state index is 12.8. The highest BCUT2D eigenvalue weighted by atomic mass is 16.4. The molecule has 8 N–H and O–H groups in total. The number of nitrogens with one attached hydrogen (secondary N) is 3. The van der Waals surface area contributed by atoms with Gasteiger partial charge in [0.15, 0.2) is 0 Å². The highest BCUT2D eigenvalue weighted by Gasteiger charge is 2.30. The summed E-state index contributed by atoms with van der Waals surface area (Å²) >= 11 is 0. The summed E-state index contributed by atoms with van der Waals surface area (Å²) in [4.78, 5) is 60.3. The zero-order valence-electron chi connectivity index (χ0n) is 19.0. The maximum Gasteiger partial charge on any atom is 0.326 e. The van der Waals surface area contributed by atoms with Crippen LogP contribution in [0.15, 0.2) is 30.3 Å². The predicted octanol–water partition coefficient (Wildman–Crippen LogP) is -0.963. The van der Waals surface area contributed by atoms with Gasteiger partial charge in [-0.15, -0.1) is 0 Å². The van der Waals surface area contributed by atoms with Crippen LogP contribution in [0.5, 0.6) is 0 Å². The zero-order valence-corrected chi connectivity index (χ0v) is 19.0. The molecule has 0 saturated carbocycles. The minimum Gasteiger partial charge on any atom is -0.480 e. The monoisotopic (exact) mass is 463 g/mol. The Bertz CT molecular complexity index is 847. The van der Waals surface area contributed by atoms with E-state index in [0.29, 0.717) is 12.0 Å². The summed E-state index contributed by atoms with van der Waals surface area (Å²) in [5.74, 6) is -4.39. The number of carbonyl (C=O) groups is 5. The Balaban J connectivity index is 2.96. The van der Waals surface area contributed by atoms with Crippen molar-refractivity contribution in [3.8, 4) is 0 Å². The zero-order chi connectivity index (χ0) is 25.1. The lowest BCUT2D eigenvalue weighted by Crippen LogP contribution is -2.57. The quantitative estimate of drug-likeness (QED) is 0.217. The molecule has 0 aromatic heterocycles. The first-order valence-electron chi connectivity index (χ1n) is 10.7. The smallest absolute Gasteiger partial charge is 0.326 e. The number of hydrogen-bond donors (Lipinski definition) is 6. The van der Waals surface area contributed by atoms with Crippen LogP contribution in [0.2, 0.25) is 0 Å². The molecule has 0 fully saturated rings. The molecular formula is C22H33N5O6. The van der Waals surface area contributed by atoms with Gasteiger partial charge in [0.25, 0.3) is 0 Å². The van der Waals surface area contributed by atoms with Crippen molar-refractivity contribution in [2.75, 3.05) is 0 Å². The molecule has 0 saturated heterocycles. The third-order valence-electron chi connectivity index (χ3n) is 5.25. The van der Waals surface area contributed by atoms with Gasteiger partial charge in [0.2, 0.25) is 23.6 Å². The van der Waals surface area contributed by atoms with Crippen LogP contribution in [-0.4, -0.2) is 58.9 Å². The van der Waals surface area contributed by atoms with Gasteiger partial charge in [-0.1, -0.05) is 50.6 Å². The van der Waals surface area contributed by atoms with E-state index in [9.17, 15) is 29.1 Å². The molecule has 0 aliphatic heterocycles. The fourth-order valence-corrected chi connectivity index (χ4v) is 2.92. The second kappa shape index (κ2) is 13.2. The highest BCUT2D eigenvalue weighted by molar-refractivity contribution is 5.94. The van der Waals surface area contributed by atoms with Crippen molar-refractivity contribution in [3.05, 3.63) is 35.9 Å². The summed E-state index contributed by atoms with van der Waals surface area (Å²) in [6.07, 6.45) is 0.131. The Labute approximate surface area is 192 Å². The molecule has 0 heterocycles. The molecule has 1 rings (SSSR count). The van der Waals surface area contributed by atoms with E-state index in [1.165, 1.54) is 6.92 Å². The van der Waals surface area contributed by atoms with Crippen LogP contribution in [0.4, 0.5) is 0 Å². The molecule has 1 aromatic carbocycles. The standard InChI is InChI=1S/C22H33N5O6/c1-4-12(2)18(24)21(31)25-13(3)19(29)26-15(10-14-8-6-5-7-9-14)20(30)27-16(22(32)33)11-17(23)28/h5-9,12-13,15-16,18H,4,10-11,24H2,1-3H3,(H2,23,28)(H,25,31)(H,26,29)(H,27,30)(H,32,33). The average Bonchev–Trinajstić information content (AvgIpc) is 2.77. The lowest BCUT2D eigenvalue weighted by atomic mass is 9.99. The average molecular weight is 464 g/mol. The van der Waals surface area contributed by atoms with Gasteiger partial charge in [-0.05, 0) is 18.4 Å². The van der Waals surface area contributed by atoms with Crippen molar-refractivity contribution >= 4 is 29.6 Å². The van der Waals surface area contributed by atoms with Crippen LogP contribution in [0.1, 0.15) is 39.2 Å². The molecule has 11 heteroatoms. The second-order valence-corrected chi connectivity index (χ2v) is 7.96. The van der Waals surface area contributed by atoms with Crippen molar-refractivity contribution in [2.45, 2.75) is 64.2 Å². The summed E-state index contributed by atoms with van der Waals surface area (Å²) in [5.41, 5.74) is 11.7. The number of nitrogens with two attached hydrogens (primary N) is 2. The number of carboxylic acids is 1. The molecule has 0 aliphatic rings. The molecular weight excluding hydrogens is 430 g/mol. The molecule has 0 spiro atoms. The second-order valence-electron chi connectivity index (χ2n) is 7.96. The normalized spacial score (nSPS) is 15.3. The summed E-state index contributed by atoms with van der Waals surface area (Å²) in [5, 5.41) is 16.6. The van der Waals surface area contributed by atoms with Crippen LogP contribution in [0.25, 0.3) is 0 Å². The Morgan fingerprint density at radius 1 is 0.909 bits per heavy atom. The van der Waals surface area contributed by atoms with Gasteiger partial charge in [-0.3, -0.25) is 19.2 Å². The number of benzene rings is 1. The first-order chi connectivity index (χ1) is 15.5. The van der Waals surface area contributed by atoms with E-state index in [2.05, 4.69) is 16.0 Å². The SMILES string of the molecule is CCC(C)C(N)C(=O)NC(C)C(=O)NC(Cc1ccccc1)C(=O)NC(CC(N)=O)C(=O)O. The Kier molecular flexibility index (Phi) is 11.0. The number of hydrogen-bond acceptors (Lipinski definition) is 6. The minimum absolute atomic E-state index is 0.0500. The number of carboxylic acid groups (broad SMARTS) is 1. The predicted molar refractivity (Wildman–Crippen MR) is 120 cm³/mol. The Morgan fingerprint density at radius 2 is 1.48 bits per heavy atom. The molecule has 4 amide bonds. The Hall–Kier alpha value is -3.47. The minimum atomic E-state index is -1.55. The van der Waals surface area contributed by atoms with Gasteiger partial charge in [0, 0.05) is 6.42 Å². The van der Waals surface area contributed by atoms with Gasteiger partial charge in [0.1, 0.15) is 18.1 Å². The third kappa shape index (κ3) is 9.27. The third-order valence-corrected chi connectivity index (χ3v) is 5.25. The number of aliphatic carboxylic acids is 1. The van der Waals surface area contributed by atoms with Crippen molar-refractivity contribution in [2.24, 2.45) is 17.4 Å². The van der Waals surface area contributed by atoms with E-state index in [1.54, 1.807) is 30.3 Å². The van der Waals surface area contributed by atoms with E-state index in [1.807, 2.05) is 13.8 Å². The van der Waals surface area contributed by atoms with Crippen LogP contribution in [-0.2, 0) is 30.4 Å². The summed E-state index contributed by atoms with van der Waals surface area (Å²) in [6, 6.07) is 4.24. The fourth-order valence-electron chi connectivity index (χ4n) is 2.92. The van der Waals surface area contributed by atoms with Gasteiger partial charge in [-0.2, -0.15) is 0 Å². The van der Waals surface area contributed by atoms with Crippen LogP contribution < -0.4 is 27.4 Å². The van der Waals surface area contributed by atoms with Gasteiger partial charge >= 0.3 is 5.97 Å². The topological polar surface area (TPSA) is 194 Å². The summed E-state index contributed by atoms with van der Waals surface area (Å²) in [7, 11) is 0. The molecule has 0 radical (unpaired) electrons. The van der Waals surface area contributed by atoms with Crippen molar-refractivity contribution in [1.29, 1.82) is 0 Å². The maximum absolute atomic E-state index is 12.8. The largest absolute Gasteiger partial charge is 0.480 e. The fraction of sp³-hybridized carbons (Fsp3) is 0.500. The first-order valence-corrected chi connectivity index (χ1v) is 10.7. The van der Waals surface area contributed by atoms with Crippen molar-refractivity contribution < 1.29 is 29.1 Å². The van der Waals surface area contributed by atoms with E-state index in [-0.39, 0.29) is 12.3 Å². The highest BCUT2D eigenvalue weighted by Crippen LogP contribution is 2.07. The van der Waals surface area contributed by atoms with E-state index in [4.69, 9.17) is 11.5 Å². The number of primary amides is 1. The molecule has 33 heavy (non-hydrogen) atoms. The van der Waals surface area contributed by atoms with Gasteiger partial charge in [-0.25, -0.2) is 4.79 Å². The summed E-state index contributed by atoms with van der Waals surface area (Å²) < 4.78 is 0. The summed E-state index contributed by atoms with van der Waals surface area (Å²) in [6.45, 7) is 5.16. The molecule has 5 unspecified atom stereocenters. The van der Waals surface area contributed by atoms with Crippen molar-refractivity contribution in [3.63, 3.8) is 0 Å². The van der Waals surface area contributed by atoms with Crippen molar-refractivity contribution in [1.82, 2.24) is 16.0 Å². The number of amides is 4. The number of rotatable bonds is 13. The first kappa shape index (κ1) is 27.6. The molecule has 182 valence electrons. The number of carbonyl (C=O) groups excluding carboxylic acids is 4. The van der Waals surface area contributed by atoms with Crippen LogP contribution >= 0.6 is 0 Å². The molecule has 0 bridgehead atoms. The molecule has 1 aromatic rings. The molecule has 0 aliphatic carbocycles. The van der Waals surface area contributed by atoms with E-state index in [0.717, 1.165) is 0 Å². The van der Waals surface area contributed by atoms with Crippen LogP contribution in [0, 0.1) is 5.92 Å². The molecule has 5 atom stereocenters. The van der Waals surface area contributed by atoms with Crippen LogP contribution in [0.3, 0.4) is 0 Å². The lowest BCUT2D eigenvalue weighted by Gasteiger charge is -2.24. The van der Waals surface area contributed by atoms with E-state index < -0.39 is 60.2 Å². The van der Waals surface area contributed by atoms with E-state index >= 15 is 0 Å². The van der Waals surface area contributed by atoms with Gasteiger partial charge in [0.05, 0.1) is 12.5 Å². The van der Waals surface area contributed by atoms with Gasteiger partial charge < -0.3 is 32.5 Å². The Morgan fingerprint density at radius 3 is 2.00 bits per heavy atom. The molecule has 11 nitrogen and oxygen atoms in total. The lowest BCUT2D eigenvalue weighted by molar-refractivity contribution is -0.143.